The molecule has 1 aromatic carbocycles. The van der Waals surface area contributed by atoms with Crippen LogP contribution in [0, 0.1) is 11.3 Å². The van der Waals surface area contributed by atoms with Gasteiger partial charge in [0.15, 0.2) is 0 Å². The highest BCUT2D eigenvalue weighted by Gasteiger charge is 2.09. The fraction of sp³-hybridized carbons (Fsp3) is 0.167. The first-order valence-electron chi connectivity index (χ1n) is 7.14. The summed E-state index contributed by atoms with van der Waals surface area (Å²) in [5.74, 6) is 0.0629. The van der Waals surface area contributed by atoms with Crippen molar-refractivity contribution in [2.45, 2.75) is 13.5 Å². The molecule has 116 valence electrons. The Balaban J connectivity index is 2.01. The van der Waals surface area contributed by atoms with Crippen LogP contribution in [0.2, 0.25) is 0 Å². The normalized spacial score (nSPS) is 10.7. The third-order valence-corrected chi connectivity index (χ3v) is 2.92. The van der Waals surface area contributed by atoms with Crippen molar-refractivity contribution in [2.75, 3.05) is 6.61 Å². The fourth-order valence-electron chi connectivity index (χ4n) is 1.81. The molecule has 1 aromatic heterocycles. The minimum absolute atomic E-state index is 0.0333. The van der Waals surface area contributed by atoms with Gasteiger partial charge in [0.1, 0.15) is 24.0 Å². The second-order valence-corrected chi connectivity index (χ2v) is 4.57. The number of carbonyl (C=O) groups is 1. The Morgan fingerprint density at radius 1 is 1.26 bits per heavy atom. The van der Waals surface area contributed by atoms with Crippen molar-refractivity contribution in [2.24, 2.45) is 0 Å². The average Bonchev–Trinajstić information content (AvgIpc) is 2.60. The van der Waals surface area contributed by atoms with Gasteiger partial charge in [-0.15, -0.1) is 0 Å². The summed E-state index contributed by atoms with van der Waals surface area (Å²) in [6.07, 6.45) is 3.20. The van der Waals surface area contributed by atoms with Crippen molar-refractivity contribution in [1.29, 1.82) is 5.26 Å². The molecule has 2 aromatic rings. The van der Waals surface area contributed by atoms with Crippen LogP contribution in [0.5, 0.6) is 5.75 Å². The summed E-state index contributed by atoms with van der Waals surface area (Å²) in [5, 5.41) is 9.00. The number of carbonyl (C=O) groups excluding carboxylic acids is 1. The summed E-state index contributed by atoms with van der Waals surface area (Å²) in [6.45, 7) is 2.31. The van der Waals surface area contributed by atoms with Crippen LogP contribution in [-0.4, -0.2) is 17.6 Å². The summed E-state index contributed by atoms with van der Waals surface area (Å²) in [6, 6.07) is 14.6. The molecule has 0 unspecified atom stereocenters. The van der Waals surface area contributed by atoms with E-state index in [2.05, 4.69) is 4.98 Å². The van der Waals surface area contributed by atoms with Crippen LogP contribution in [0.3, 0.4) is 0 Å². The quantitative estimate of drug-likeness (QED) is 0.466. The zero-order chi connectivity index (χ0) is 16.5. The minimum atomic E-state index is -0.620. The second-order valence-electron chi connectivity index (χ2n) is 4.57. The van der Waals surface area contributed by atoms with Gasteiger partial charge in [0.25, 0.3) is 0 Å². The second kappa shape index (κ2) is 8.35. The molecule has 0 bridgehead atoms. The third-order valence-electron chi connectivity index (χ3n) is 2.92. The average molecular weight is 308 g/mol. The molecule has 5 heteroatoms. The molecule has 0 N–H and O–H groups in total. The van der Waals surface area contributed by atoms with E-state index in [-0.39, 0.29) is 12.2 Å². The van der Waals surface area contributed by atoms with Gasteiger partial charge < -0.3 is 9.47 Å². The van der Waals surface area contributed by atoms with E-state index in [1.54, 1.807) is 37.4 Å². The van der Waals surface area contributed by atoms with Gasteiger partial charge in [0, 0.05) is 6.20 Å². The van der Waals surface area contributed by atoms with Crippen LogP contribution >= 0.6 is 0 Å². The molecular weight excluding hydrogens is 292 g/mol. The molecule has 0 aliphatic heterocycles. The van der Waals surface area contributed by atoms with E-state index in [9.17, 15) is 4.79 Å². The predicted octanol–water partition coefficient (Wildman–Crippen LogP) is 3.13. The number of hydrogen-bond acceptors (Lipinski definition) is 5. The van der Waals surface area contributed by atoms with Crippen molar-refractivity contribution in [3.63, 3.8) is 0 Å². The molecule has 0 aliphatic carbocycles. The van der Waals surface area contributed by atoms with Crippen LogP contribution in [0.25, 0.3) is 6.08 Å². The van der Waals surface area contributed by atoms with Crippen molar-refractivity contribution >= 4 is 12.0 Å². The fourth-order valence-corrected chi connectivity index (χ4v) is 1.81. The molecule has 0 amide bonds. The first-order valence-corrected chi connectivity index (χ1v) is 7.14. The lowest BCUT2D eigenvalue weighted by Crippen LogP contribution is -2.05. The zero-order valence-corrected chi connectivity index (χ0v) is 12.7. The molecule has 0 aliphatic rings. The third kappa shape index (κ3) is 4.97. The Hall–Kier alpha value is -3.13. The molecule has 0 fully saturated rings. The maximum Gasteiger partial charge on any atom is 0.348 e. The number of nitrogens with zero attached hydrogens (tertiary/aromatic N) is 2. The van der Waals surface area contributed by atoms with E-state index in [0.717, 1.165) is 11.3 Å². The smallest absolute Gasteiger partial charge is 0.348 e. The van der Waals surface area contributed by atoms with Crippen LogP contribution in [0.15, 0.2) is 54.2 Å². The first-order chi connectivity index (χ1) is 11.2. The monoisotopic (exact) mass is 308 g/mol. The number of pyridine rings is 1. The van der Waals surface area contributed by atoms with Gasteiger partial charge >= 0.3 is 5.97 Å². The van der Waals surface area contributed by atoms with Gasteiger partial charge in [-0.3, -0.25) is 4.98 Å². The highest BCUT2D eigenvalue weighted by Crippen LogP contribution is 2.16. The summed E-state index contributed by atoms with van der Waals surface area (Å²) >= 11 is 0. The van der Waals surface area contributed by atoms with Crippen molar-refractivity contribution < 1.29 is 14.3 Å². The van der Waals surface area contributed by atoms with Crippen molar-refractivity contribution in [3.8, 4) is 11.8 Å². The largest absolute Gasteiger partial charge is 0.487 e. The highest BCUT2D eigenvalue weighted by atomic mass is 16.5. The number of aromatic nitrogens is 1. The van der Waals surface area contributed by atoms with E-state index in [1.807, 2.05) is 24.3 Å². The maximum atomic E-state index is 11.6. The van der Waals surface area contributed by atoms with E-state index >= 15 is 0 Å². The summed E-state index contributed by atoms with van der Waals surface area (Å²) < 4.78 is 10.4. The van der Waals surface area contributed by atoms with E-state index in [0.29, 0.717) is 12.4 Å². The number of esters is 1. The molecule has 0 atom stereocenters. The van der Waals surface area contributed by atoms with Crippen LogP contribution < -0.4 is 4.74 Å². The van der Waals surface area contributed by atoms with Gasteiger partial charge in [-0.25, -0.2) is 4.79 Å². The van der Waals surface area contributed by atoms with Gasteiger partial charge in [-0.2, -0.15) is 5.26 Å². The SMILES string of the molecule is CCOC(=O)/C(C#N)=C/c1ccc(OCc2ccccn2)cc1. The molecule has 23 heavy (non-hydrogen) atoms. The number of benzene rings is 1. The van der Waals surface area contributed by atoms with Crippen LogP contribution in [0.4, 0.5) is 0 Å². The molecule has 0 saturated carbocycles. The number of ether oxygens (including phenoxy) is 2. The van der Waals surface area contributed by atoms with E-state index in [1.165, 1.54) is 6.08 Å². The predicted molar refractivity (Wildman–Crippen MR) is 85.2 cm³/mol. The topological polar surface area (TPSA) is 72.2 Å². The van der Waals surface area contributed by atoms with E-state index in [4.69, 9.17) is 14.7 Å². The summed E-state index contributed by atoms with van der Waals surface area (Å²) in [7, 11) is 0. The Morgan fingerprint density at radius 2 is 2.04 bits per heavy atom. The maximum absolute atomic E-state index is 11.6. The lowest BCUT2D eigenvalue weighted by molar-refractivity contribution is -0.137. The van der Waals surface area contributed by atoms with Gasteiger partial charge in [-0.1, -0.05) is 18.2 Å². The molecule has 0 spiro atoms. The van der Waals surface area contributed by atoms with Crippen LogP contribution in [-0.2, 0) is 16.1 Å². The van der Waals surface area contributed by atoms with Crippen molar-refractivity contribution in [3.05, 3.63) is 65.5 Å². The molecule has 5 nitrogen and oxygen atoms in total. The Bertz CT molecular complexity index is 716. The first kappa shape index (κ1) is 16.2. The van der Waals surface area contributed by atoms with Gasteiger partial charge in [0.2, 0.25) is 0 Å². The minimum Gasteiger partial charge on any atom is -0.487 e. The van der Waals surface area contributed by atoms with Gasteiger partial charge in [0.05, 0.1) is 12.3 Å². The highest BCUT2D eigenvalue weighted by molar-refractivity contribution is 5.97. The summed E-state index contributed by atoms with van der Waals surface area (Å²) in [4.78, 5) is 15.7. The molecule has 1 heterocycles. The molecular formula is C18H16N2O3. The van der Waals surface area contributed by atoms with Crippen molar-refractivity contribution in [1.82, 2.24) is 4.98 Å². The Labute approximate surface area is 134 Å². The number of hydrogen-bond donors (Lipinski definition) is 0. The zero-order valence-electron chi connectivity index (χ0n) is 12.7. The molecule has 2 rings (SSSR count). The Kier molecular flexibility index (Phi) is 5.89. The lowest BCUT2D eigenvalue weighted by Gasteiger charge is -2.06. The summed E-state index contributed by atoms with van der Waals surface area (Å²) in [5.41, 5.74) is 1.53. The van der Waals surface area contributed by atoms with Crippen LogP contribution in [0.1, 0.15) is 18.2 Å². The number of rotatable bonds is 6. The van der Waals surface area contributed by atoms with Gasteiger partial charge in [-0.05, 0) is 42.8 Å². The lowest BCUT2D eigenvalue weighted by atomic mass is 10.1. The number of nitriles is 1. The Morgan fingerprint density at radius 3 is 2.65 bits per heavy atom. The van der Waals surface area contributed by atoms with E-state index < -0.39 is 5.97 Å². The molecule has 0 radical (unpaired) electrons. The molecule has 0 saturated heterocycles. The standard InChI is InChI=1S/C18H16N2O3/c1-2-22-18(21)15(12-19)11-14-6-8-17(9-7-14)23-13-16-5-3-4-10-20-16/h3-11H,2,13H2,1H3/b15-11+.